The lowest BCUT2D eigenvalue weighted by atomic mass is 10.0. The van der Waals surface area contributed by atoms with Crippen LogP contribution in [0.2, 0.25) is 0 Å². The number of thioether (sulfide) groups is 1. The van der Waals surface area contributed by atoms with E-state index in [9.17, 15) is 4.79 Å². The highest BCUT2D eigenvalue weighted by Gasteiger charge is 2.15. The van der Waals surface area contributed by atoms with Gasteiger partial charge >= 0.3 is 0 Å². The predicted octanol–water partition coefficient (Wildman–Crippen LogP) is 4.45. The molecule has 0 radical (unpaired) electrons. The maximum Gasteiger partial charge on any atom is 0.230 e. The third-order valence-corrected chi connectivity index (χ3v) is 5.40. The van der Waals surface area contributed by atoms with Crippen molar-refractivity contribution >= 4 is 17.7 Å². The van der Waals surface area contributed by atoms with E-state index in [1.165, 1.54) is 41.5 Å². The van der Waals surface area contributed by atoms with Crippen molar-refractivity contribution in [2.24, 2.45) is 0 Å². The maximum absolute atomic E-state index is 12.2. The molecule has 23 heavy (non-hydrogen) atoms. The van der Waals surface area contributed by atoms with Gasteiger partial charge in [-0.2, -0.15) is 0 Å². The van der Waals surface area contributed by atoms with Crippen LogP contribution in [0, 0.1) is 6.92 Å². The van der Waals surface area contributed by atoms with Crippen molar-refractivity contribution in [3.8, 4) is 0 Å². The average molecular weight is 325 g/mol. The lowest BCUT2D eigenvalue weighted by Crippen LogP contribution is -2.28. The molecule has 120 valence electrons. The van der Waals surface area contributed by atoms with E-state index in [0.29, 0.717) is 5.75 Å². The minimum Gasteiger partial charge on any atom is -0.349 e. The number of hydrogen-bond acceptors (Lipinski definition) is 2. The van der Waals surface area contributed by atoms with Crippen LogP contribution in [0.5, 0.6) is 0 Å². The Morgan fingerprint density at radius 1 is 1.13 bits per heavy atom. The lowest BCUT2D eigenvalue weighted by Gasteiger charge is -2.15. The van der Waals surface area contributed by atoms with Crippen molar-refractivity contribution in [1.82, 2.24) is 5.32 Å². The Labute approximate surface area is 142 Å². The molecular formula is C20H23NOS. The van der Waals surface area contributed by atoms with E-state index in [2.05, 4.69) is 61.6 Å². The highest BCUT2D eigenvalue weighted by Crippen LogP contribution is 2.25. The number of carbonyl (C=O) groups excluding carboxylic acids is 1. The first-order valence-electron chi connectivity index (χ1n) is 8.22. The minimum atomic E-state index is 0.0621. The molecule has 0 aromatic heterocycles. The molecule has 1 aliphatic carbocycles. The molecule has 2 aromatic carbocycles. The topological polar surface area (TPSA) is 29.1 Å². The molecule has 0 aliphatic heterocycles. The Hall–Kier alpha value is -1.74. The summed E-state index contributed by atoms with van der Waals surface area (Å²) in [6, 6.07) is 15.0. The zero-order valence-corrected chi connectivity index (χ0v) is 14.6. The summed E-state index contributed by atoms with van der Waals surface area (Å²) in [4.78, 5) is 13.3. The van der Waals surface area contributed by atoms with Crippen LogP contribution in [0.1, 0.15) is 41.6 Å². The highest BCUT2D eigenvalue weighted by atomic mass is 32.2. The molecule has 1 aliphatic rings. The van der Waals surface area contributed by atoms with Crippen molar-refractivity contribution in [3.63, 3.8) is 0 Å². The summed E-state index contributed by atoms with van der Waals surface area (Å²) in [6.45, 7) is 4.13. The molecule has 0 saturated heterocycles. The Morgan fingerprint density at radius 2 is 1.87 bits per heavy atom. The zero-order valence-electron chi connectivity index (χ0n) is 13.8. The summed E-state index contributed by atoms with van der Waals surface area (Å²) in [7, 11) is 0. The van der Waals surface area contributed by atoms with E-state index in [1.54, 1.807) is 11.8 Å². The molecule has 0 bridgehead atoms. The largest absolute Gasteiger partial charge is 0.349 e. The number of carbonyl (C=O) groups is 1. The van der Waals surface area contributed by atoms with Gasteiger partial charge in [0.05, 0.1) is 11.8 Å². The molecule has 0 spiro atoms. The van der Waals surface area contributed by atoms with Crippen LogP contribution in [0.4, 0.5) is 0 Å². The Morgan fingerprint density at radius 3 is 2.65 bits per heavy atom. The van der Waals surface area contributed by atoms with Gasteiger partial charge in [0.1, 0.15) is 0 Å². The lowest BCUT2D eigenvalue weighted by molar-refractivity contribution is -0.119. The van der Waals surface area contributed by atoms with Gasteiger partial charge < -0.3 is 5.32 Å². The summed E-state index contributed by atoms with van der Waals surface area (Å²) >= 11 is 1.58. The van der Waals surface area contributed by atoms with Gasteiger partial charge in [-0.05, 0) is 61.9 Å². The van der Waals surface area contributed by atoms with E-state index in [0.717, 1.165) is 4.90 Å². The molecule has 1 N–H and O–H groups in total. The number of nitrogens with one attached hydrogen (secondary N) is 1. The molecule has 0 heterocycles. The van der Waals surface area contributed by atoms with Gasteiger partial charge in [-0.1, -0.05) is 35.9 Å². The summed E-state index contributed by atoms with van der Waals surface area (Å²) in [5.41, 5.74) is 5.38. The fraction of sp³-hybridized carbons (Fsp3) is 0.350. The molecule has 2 aromatic rings. The summed E-state index contributed by atoms with van der Waals surface area (Å²) in [5, 5.41) is 3.11. The van der Waals surface area contributed by atoms with Crippen molar-refractivity contribution in [1.29, 1.82) is 0 Å². The van der Waals surface area contributed by atoms with Crippen LogP contribution in [0.25, 0.3) is 0 Å². The minimum absolute atomic E-state index is 0.0621. The van der Waals surface area contributed by atoms with Gasteiger partial charge in [-0.3, -0.25) is 4.79 Å². The Bertz CT molecular complexity index is 693. The SMILES string of the molecule is Cc1ccc(SCC(=O)NC(C)c2ccc3c(c2)CCC3)cc1. The number of fused-ring (bicyclic) bond motifs is 1. The van der Waals surface area contributed by atoms with Crippen molar-refractivity contribution in [3.05, 3.63) is 64.7 Å². The monoisotopic (exact) mass is 325 g/mol. The second kappa shape index (κ2) is 7.22. The fourth-order valence-electron chi connectivity index (χ4n) is 3.01. The summed E-state index contributed by atoms with van der Waals surface area (Å²) in [5.74, 6) is 0.543. The smallest absolute Gasteiger partial charge is 0.230 e. The highest BCUT2D eigenvalue weighted by molar-refractivity contribution is 8.00. The average Bonchev–Trinajstić information content (AvgIpc) is 3.02. The number of aryl methyl sites for hydroxylation is 3. The first-order valence-corrected chi connectivity index (χ1v) is 9.21. The molecule has 2 nitrogen and oxygen atoms in total. The van der Waals surface area contributed by atoms with Crippen LogP contribution < -0.4 is 5.32 Å². The second-order valence-corrected chi connectivity index (χ2v) is 7.32. The van der Waals surface area contributed by atoms with E-state index in [-0.39, 0.29) is 11.9 Å². The van der Waals surface area contributed by atoms with Crippen molar-refractivity contribution in [2.45, 2.75) is 44.0 Å². The molecule has 0 saturated carbocycles. The number of amides is 1. The molecule has 3 heteroatoms. The van der Waals surface area contributed by atoms with E-state index < -0.39 is 0 Å². The van der Waals surface area contributed by atoms with Crippen LogP contribution in [0.3, 0.4) is 0 Å². The first-order chi connectivity index (χ1) is 11.1. The Balaban J connectivity index is 1.54. The maximum atomic E-state index is 12.2. The van der Waals surface area contributed by atoms with E-state index in [1.807, 2.05) is 0 Å². The van der Waals surface area contributed by atoms with Crippen molar-refractivity contribution in [2.75, 3.05) is 5.75 Å². The number of benzene rings is 2. The standard InChI is InChI=1S/C20H23NOS/c1-14-6-10-19(11-7-14)23-13-20(22)21-15(2)17-9-8-16-4-3-5-18(16)12-17/h6-12,15H,3-5,13H2,1-2H3,(H,21,22). The molecule has 1 amide bonds. The molecule has 0 fully saturated rings. The Kier molecular flexibility index (Phi) is 5.06. The molecule has 1 atom stereocenters. The molecule has 3 rings (SSSR count). The fourth-order valence-corrected chi connectivity index (χ4v) is 3.72. The van der Waals surface area contributed by atoms with Crippen LogP contribution in [0.15, 0.2) is 47.4 Å². The number of hydrogen-bond donors (Lipinski definition) is 1. The van der Waals surface area contributed by atoms with E-state index >= 15 is 0 Å². The quantitative estimate of drug-likeness (QED) is 0.823. The second-order valence-electron chi connectivity index (χ2n) is 6.27. The van der Waals surface area contributed by atoms with Gasteiger partial charge in [-0.25, -0.2) is 0 Å². The van der Waals surface area contributed by atoms with Crippen LogP contribution in [-0.4, -0.2) is 11.7 Å². The van der Waals surface area contributed by atoms with Gasteiger partial charge in [0.25, 0.3) is 0 Å². The third kappa shape index (κ3) is 4.17. The normalized spacial score (nSPS) is 14.3. The van der Waals surface area contributed by atoms with Crippen LogP contribution in [-0.2, 0) is 17.6 Å². The summed E-state index contributed by atoms with van der Waals surface area (Å²) < 4.78 is 0. The first kappa shape index (κ1) is 16.1. The van der Waals surface area contributed by atoms with Gasteiger partial charge in [-0.15, -0.1) is 11.8 Å². The zero-order chi connectivity index (χ0) is 16.2. The van der Waals surface area contributed by atoms with Crippen molar-refractivity contribution < 1.29 is 4.79 Å². The van der Waals surface area contributed by atoms with Crippen LogP contribution >= 0.6 is 11.8 Å². The predicted molar refractivity (Wildman–Crippen MR) is 96.9 cm³/mol. The van der Waals surface area contributed by atoms with E-state index in [4.69, 9.17) is 0 Å². The van der Waals surface area contributed by atoms with Gasteiger partial charge in [0, 0.05) is 4.90 Å². The number of rotatable bonds is 5. The molecule has 1 unspecified atom stereocenters. The molecular weight excluding hydrogens is 302 g/mol. The third-order valence-electron chi connectivity index (χ3n) is 4.39. The van der Waals surface area contributed by atoms with Gasteiger partial charge in [0.15, 0.2) is 0 Å². The van der Waals surface area contributed by atoms with Gasteiger partial charge in [0.2, 0.25) is 5.91 Å². The summed E-state index contributed by atoms with van der Waals surface area (Å²) in [6.07, 6.45) is 3.63.